The van der Waals surface area contributed by atoms with Gasteiger partial charge in [0.25, 0.3) is 0 Å². The molecule has 0 aromatic carbocycles. The summed E-state index contributed by atoms with van der Waals surface area (Å²) in [6.45, 7) is 9.82. The molecule has 0 aliphatic heterocycles. The predicted molar refractivity (Wildman–Crippen MR) is 62.8 cm³/mol. The molecule has 0 spiro atoms. The molecule has 0 atom stereocenters. The van der Waals surface area contributed by atoms with Gasteiger partial charge in [-0.25, -0.2) is 0 Å². The van der Waals surface area contributed by atoms with Gasteiger partial charge in [0, 0.05) is 5.54 Å². The second kappa shape index (κ2) is 3.74. The molecule has 0 radical (unpaired) electrons. The van der Waals surface area contributed by atoms with Gasteiger partial charge in [-0.15, -0.1) is 0 Å². The first kappa shape index (κ1) is 11.3. The Balaban J connectivity index is 2.51. The van der Waals surface area contributed by atoms with Crippen LogP contribution in [0.2, 0.25) is 19.6 Å². The molecular formula is C11H25NSi. The Labute approximate surface area is 84.5 Å². The molecule has 1 aliphatic carbocycles. The van der Waals surface area contributed by atoms with Gasteiger partial charge in [-0.1, -0.05) is 32.5 Å². The van der Waals surface area contributed by atoms with Gasteiger partial charge in [0.05, 0.1) is 8.07 Å². The summed E-state index contributed by atoms with van der Waals surface area (Å²) in [7, 11) is 1.41. The van der Waals surface area contributed by atoms with E-state index in [0.29, 0.717) is 5.54 Å². The molecule has 1 rings (SSSR count). The van der Waals surface area contributed by atoms with Crippen LogP contribution >= 0.6 is 0 Å². The molecule has 0 N–H and O–H groups in total. The fourth-order valence-electron chi connectivity index (χ4n) is 2.42. The van der Waals surface area contributed by atoms with Gasteiger partial charge >= 0.3 is 0 Å². The van der Waals surface area contributed by atoms with Crippen LogP contribution in [0.5, 0.6) is 0 Å². The van der Waals surface area contributed by atoms with Gasteiger partial charge < -0.3 is 4.90 Å². The van der Waals surface area contributed by atoms with E-state index in [0.717, 1.165) is 0 Å². The summed E-state index contributed by atoms with van der Waals surface area (Å²) in [5.41, 5.74) is 0.528. The molecular weight excluding hydrogens is 174 g/mol. The van der Waals surface area contributed by atoms with Crippen LogP contribution in [-0.2, 0) is 0 Å². The van der Waals surface area contributed by atoms with Crippen molar-refractivity contribution < 1.29 is 0 Å². The first-order valence-corrected chi connectivity index (χ1v) is 9.25. The standard InChI is InChI=1S/C11H25NSi/c1-11(8-6-7-9-11)12(2)10-13(3,4)5/h6-10H2,1-5H3. The van der Waals surface area contributed by atoms with Gasteiger partial charge in [-0.05, 0) is 33.0 Å². The van der Waals surface area contributed by atoms with Crippen LogP contribution in [0.25, 0.3) is 0 Å². The zero-order chi connectivity index (χ0) is 10.1. The molecule has 78 valence electrons. The van der Waals surface area contributed by atoms with Gasteiger partial charge in [0.15, 0.2) is 0 Å². The van der Waals surface area contributed by atoms with Crippen LogP contribution in [0.1, 0.15) is 32.6 Å². The Bertz CT molecular complexity index is 165. The lowest BCUT2D eigenvalue weighted by atomic mass is 10.00. The molecule has 0 heterocycles. The Morgan fingerprint density at radius 3 is 2.00 bits per heavy atom. The summed E-state index contributed by atoms with van der Waals surface area (Å²) in [5, 5.41) is 0. The summed E-state index contributed by atoms with van der Waals surface area (Å²) < 4.78 is 0. The molecule has 0 saturated heterocycles. The first-order chi connectivity index (χ1) is 5.83. The fourth-order valence-corrected chi connectivity index (χ4v) is 4.23. The minimum atomic E-state index is -0.909. The number of hydrogen-bond acceptors (Lipinski definition) is 1. The largest absolute Gasteiger partial charge is 0.304 e. The van der Waals surface area contributed by atoms with E-state index in [2.05, 4.69) is 38.5 Å². The average Bonchev–Trinajstić information content (AvgIpc) is 2.33. The van der Waals surface area contributed by atoms with Gasteiger partial charge in [-0.3, -0.25) is 0 Å². The first-order valence-electron chi connectivity index (χ1n) is 5.55. The van der Waals surface area contributed by atoms with E-state index in [1.807, 2.05) is 0 Å². The minimum Gasteiger partial charge on any atom is -0.304 e. The van der Waals surface area contributed by atoms with Crippen LogP contribution in [0.3, 0.4) is 0 Å². The van der Waals surface area contributed by atoms with Crippen LogP contribution in [0, 0.1) is 0 Å². The van der Waals surface area contributed by atoms with E-state index >= 15 is 0 Å². The molecule has 1 aliphatic rings. The smallest absolute Gasteiger partial charge is 0.0599 e. The monoisotopic (exact) mass is 199 g/mol. The second-order valence-electron chi connectivity index (χ2n) is 6.12. The van der Waals surface area contributed by atoms with Crippen molar-refractivity contribution in [3.63, 3.8) is 0 Å². The summed E-state index contributed by atoms with van der Waals surface area (Å²) in [6, 6.07) is 0. The average molecular weight is 199 g/mol. The van der Waals surface area contributed by atoms with E-state index in [-0.39, 0.29) is 0 Å². The normalized spacial score (nSPS) is 22.6. The molecule has 0 amide bonds. The molecule has 1 saturated carbocycles. The molecule has 1 fully saturated rings. The van der Waals surface area contributed by atoms with E-state index in [1.54, 1.807) is 0 Å². The molecule has 0 aromatic rings. The highest BCUT2D eigenvalue weighted by molar-refractivity contribution is 6.76. The summed E-state index contributed by atoms with van der Waals surface area (Å²) in [4.78, 5) is 2.63. The van der Waals surface area contributed by atoms with Crippen LogP contribution < -0.4 is 0 Å². The molecule has 0 unspecified atom stereocenters. The van der Waals surface area contributed by atoms with E-state index in [4.69, 9.17) is 0 Å². The zero-order valence-corrected chi connectivity index (χ0v) is 11.0. The Kier molecular flexibility index (Phi) is 3.23. The van der Waals surface area contributed by atoms with Gasteiger partial charge in [-0.2, -0.15) is 0 Å². The second-order valence-corrected chi connectivity index (χ2v) is 11.6. The third-order valence-corrected chi connectivity index (χ3v) is 4.74. The van der Waals surface area contributed by atoms with Crippen LogP contribution in [-0.4, -0.2) is 31.7 Å². The molecule has 1 nitrogen and oxygen atoms in total. The highest BCUT2D eigenvalue weighted by Crippen LogP contribution is 2.34. The highest BCUT2D eigenvalue weighted by Gasteiger charge is 2.34. The molecule has 13 heavy (non-hydrogen) atoms. The van der Waals surface area contributed by atoms with E-state index < -0.39 is 8.07 Å². The highest BCUT2D eigenvalue weighted by atomic mass is 28.3. The van der Waals surface area contributed by atoms with Crippen molar-refractivity contribution in [2.75, 3.05) is 13.2 Å². The van der Waals surface area contributed by atoms with E-state index in [9.17, 15) is 0 Å². The SMILES string of the molecule is CN(C[Si](C)(C)C)C1(C)CCCC1. The van der Waals surface area contributed by atoms with Crippen molar-refractivity contribution in [2.24, 2.45) is 0 Å². The van der Waals surface area contributed by atoms with Gasteiger partial charge in [0.2, 0.25) is 0 Å². The zero-order valence-electron chi connectivity index (χ0n) is 9.98. The van der Waals surface area contributed by atoms with Gasteiger partial charge in [0.1, 0.15) is 0 Å². The van der Waals surface area contributed by atoms with Crippen molar-refractivity contribution in [1.29, 1.82) is 0 Å². The maximum atomic E-state index is 2.63. The third-order valence-electron chi connectivity index (χ3n) is 3.31. The van der Waals surface area contributed by atoms with Crippen molar-refractivity contribution in [3.8, 4) is 0 Å². The Morgan fingerprint density at radius 1 is 1.15 bits per heavy atom. The fraction of sp³-hybridized carbons (Fsp3) is 1.00. The minimum absolute atomic E-state index is 0.528. The van der Waals surface area contributed by atoms with Crippen molar-refractivity contribution >= 4 is 8.07 Å². The quantitative estimate of drug-likeness (QED) is 0.631. The lowest BCUT2D eigenvalue weighted by Crippen LogP contribution is -2.49. The van der Waals surface area contributed by atoms with Crippen LogP contribution in [0.15, 0.2) is 0 Å². The van der Waals surface area contributed by atoms with E-state index in [1.165, 1.54) is 31.9 Å². The van der Waals surface area contributed by atoms with Crippen molar-refractivity contribution in [2.45, 2.75) is 57.8 Å². The number of hydrogen-bond donors (Lipinski definition) is 0. The lowest BCUT2D eigenvalue weighted by molar-refractivity contribution is 0.166. The topological polar surface area (TPSA) is 3.24 Å². The summed E-state index contributed by atoms with van der Waals surface area (Å²) in [5.74, 6) is 0. The molecule has 0 bridgehead atoms. The summed E-state index contributed by atoms with van der Waals surface area (Å²) >= 11 is 0. The molecule has 2 heteroatoms. The summed E-state index contributed by atoms with van der Waals surface area (Å²) in [6.07, 6.45) is 7.05. The number of rotatable bonds is 3. The Hall–Kier alpha value is 0.177. The number of nitrogens with zero attached hydrogens (tertiary/aromatic N) is 1. The third kappa shape index (κ3) is 3.10. The van der Waals surface area contributed by atoms with Crippen LogP contribution in [0.4, 0.5) is 0 Å². The molecule has 0 aromatic heterocycles. The predicted octanol–water partition coefficient (Wildman–Crippen LogP) is 3.13. The van der Waals surface area contributed by atoms with Crippen molar-refractivity contribution in [1.82, 2.24) is 4.90 Å². The maximum absolute atomic E-state index is 2.63. The Morgan fingerprint density at radius 2 is 1.62 bits per heavy atom. The maximum Gasteiger partial charge on any atom is 0.0599 e. The lowest BCUT2D eigenvalue weighted by Gasteiger charge is -2.38. The van der Waals surface area contributed by atoms with Crippen molar-refractivity contribution in [3.05, 3.63) is 0 Å².